The summed E-state index contributed by atoms with van der Waals surface area (Å²) in [6.07, 6.45) is -0.929. The molecule has 4 atom stereocenters. The third kappa shape index (κ3) is 7.48. The second kappa shape index (κ2) is 16.6. The van der Waals surface area contributed by atoms with E-state index in [-0.39, 0.29) is 51.1 Å². The summed E-state index contributed by atoms with van der Waals surface area (Å²) in [5, 5.41) is 0. The number of carbonyl (C=O) groups is 3. The molecular weight excluding hydrogens is 827 g/mol. The molecule has 4 heterocycles. The zero-order valence-electron chi connectivity index (χ0n) is 32.6. The summed E-state index contributed by atoms with van der Waals surface area (Å²) in [5.41, 5.74) is 4.64. The van der Waals surface area contributed by atoms with Gasteiger partial charge in [0.25, 0.3) is 0 Å². The van der Waals surface area contributed by atoms with Gasteiger partial charge in [-0.25, -0.2) is 4.79 Å². The minimum absolute atomic E-state index is 0.0374. The highest BCUT2D eigenvalue weighted by Gasteiger charge is 2.62. The van der Waals surface area contributed by atoms with Gasteiger partial charge in [-0.05, 0) is 36.1 Å². The molecule has 0 spiro atoms. The Bertz CT molecular complexity index is 2270. The number of ketones is 1. The SMILES string of the molecule is COCOc1c(C)c2c(c3c1C(=O)[C@@H]1[C@H]4c5c(cc(C)c(OC)c5OCc5ccccc5)C[C@@H](C(=O)N1[C@H]3COCc1ccccc1)N4C(=O)OCC(Cl)(Cl)Cl)OCO2. The van der Waals surface area contributed by atoms with Gasteiger partial charge in [0.2, 0.25) is 16.5 Å². The lowest BCUT2D eigenvalue weighted by Gasteiger charge is -2.56. The molecule has 2 bridgehead atoms. The first-order chi connectivity index (χ1) is 28.4. The third-order valence-electron chi connectivity index (χ3n) is 11.0. The molecule has 4 aromatic rings. The number of ether oxygens (including phenoxy) is 8. The number of hydrogen-bond acceptors (Lipinski definition) is 11. The van der Waals surface area contributed by atoms with Crippen molar-refractivity contribution in [2.75, 3.05) is 41.0 Å². The van der Waals surface area contributed by atoms with E-state index in [1.54, 1.807) is 6.92 Å². The van der Waals surface area contributed by atoms with Crippen molar-refractivity contribution in [3.8, 4) is 28.7 Å². The number of alkyl halides is 3. The summed E-state index contributed by atoms with van der Waals surface area (Å²) in [7, 11) is 2.98. The topological polar surface area (TPSA) is 132 Å². The van der Waals surface area contributed by atoms with Gasteiger partial charge in [-0.1, -0.05) is 102 Å². The van der Waals surface area contributed by atoms with Crippen LogP contribution in [-0.2, 0) is 38.6 Å². The number of benzene rings is 4. The van der Waals surface area contributed by atoms with E-state index in [9.17, 15) is 4.79 Å². The number of carbonyl (C=O) groups excluding carboxylic acids is 3. The van der Waals surface area contributed by atoms with E-state index in [4.69, 9.17) is 72.7 Å². The molecule has 1 fully saturated rings. The molecule has 0 N–H and O–H groups in total. The van der Waals surface area contributed by atoms with Crippen LogP contribution in [0.3, 0.4) is 0 Å². The molecule has 59 heavy (non-hydrogen) atoms. The van der Waals surface area contributed by atoms with Gasteiger partial charge in [-0.2, -0.15) is 0 Å². The van der Waals surface area contributed by atoms with E-state index in [1.165, 1.54) is 24.0 Å². The minimum atomic E-state index is -1.97. The number of aryl methyl sites for hydroxylation is 1. The highest BCUT2D eigenvalue weighted by Crippen LogP contribution is 2.58. The van der Waals surface area contributed by atoms with E-state index in [0.29, 0.717) is 45.3 Å². The lowest BCUT2D eigenvalue weighted by Crippen LogP contribution is -2.70. The van der Waals surface area contributed by atoms with Crippen LogP contribution in [0.15, 0.2) is 66.7 Å². The summed E-state index contributed by atoms with van der Waals surface area (Å²) < 4.78 is 46.2. The number of Topliss-reactive ketones (excluding diaryl/α,β-unsaturated/α-hetero) is 1. The van der Waals surface area contributed by atoms with Crippen LogP contribution in [0.2, 0.25) is 0 Å². The van der Waals surface area contributed by atoms with Crippen LogP contribution in [-0.4, -0.2) is 84.5 Å². The Kier molecular flexibility index (Phi) is 11.5. The zero-order valence-corrected chi connectivity index (χ0v) is 34.9. The van der Waals surface area contributed by atoms with E-state index in [2.05, 4.69) is 0 Å². The van der Waals surface area contributed by atoms with Crippen molar-refractivity contribution in [2.45, 2.75) is 61.4 Å². The van der Waals surface area contributed by atoms with Crippen molar-refractivity contribution in [3.63, 3.8) is 0 Å². The number of nitrogens with zero attached hydrogens (tertiary/aromatic N) is 2. The predicted octanol–water partition coefficient (Wildman–Crippen LogP) is 7.74. The molecule has 8 rings (SSSR count). The van der Waals surface area contributed by atoms with Crippen LogP contribution in [0.5, 0.6) is 28.7 Å². The number of methoxy groups -OCH3 is 2. The summed E-state index contributed by atoms with van der Waals surface area (Å²) >= 11 is 18.2. The van der Waals surface area contributed by atoms with Crippen LogP contribution < -0.4 is 23.7 Å². The first kappa shape index (κ1) is 40.8. The second-order valence-corrected chi connectivity index (χ2v) is 17.1. The van der Waals surface area contributed by atoms with E-state index in [0.717, 1.165) is 16.7 Å². The van der Waals surface area contributed by atoms with Gasteiger partial charge in [-0.15, -0.1) is 0 Å². The number of halogens is 3. The van der Waals surface area contributed by atoms with Gasteiger partial charge in [0, 0.05) is 30.2 Å². The Hall–Kier alpha value is -4.92. The molecular formula is C43H41Cl3N2O11. The van der Waals surface area contributed by atoms with E-state index < -0.39 is 52.4 Å². The van der Waals surface area contributed by atoms with Crippen LogP contribution in [0.4, 0.5) is 4.79 Å². The molecule has 16 heteroatoms. The van der Waals surface area contributed by atoms with Crippen LogP contribution >= 0.6 is 34.8 Å². The lowest BCUT2D eigenvalue weighted by molar-refractivity contribution is -0.155. The highest BCUT2D eigenvalue weighted by atomic mass is 35.6. The van der Waals surface area contributed by atoms with Gasteiger partial charge in [0.05, 0.1) is 38.0 Å². The number of amides is 2. The van der Waals surface area contributed by atoms with Crippen molar-refractivity contribution in [2.24, 2.45) is 0 Å². The average molecular weight is 868 g/mol. The summed E-state index contributed by atoms with van der Waals surface area (Å²) in [6.45, 7) is 2.92. The third-order valence-corrected chi connectivity index (χ3v) is 11.3. The maximum Gasteiger partial charge on any atom is 0.411 e. The predicted molar refractivity (Wildman–Crippen MR) is 216 cm³/mol. The zero-order chi connectivity index (χ0) is 41.6. The summed E-state index contributed by atoms with van der Waals surface area (Å²) in [4.78, 5) is 48.3. The Labute approximate surface area is 355 Å². The van der Waals surface area contributed by atoms with Gasteiger partial charge in [-0.3, -0.25) is 14.5 Å². The smallest absolute Gasteiger partial charge is 0.411 e. The van der Waals surface area contributed by atoms with Crippen LogP contribution in [0, 0.1) is 13.8 Å². The number of hydrogen-bond donors (Lipinski definition) is 0. The Morgan fingerprint density at radius 1 is 0.847 bits per heavy atom. The van der Waals surface area contributed by atoms with Gasteiger partial charge < -0.3 is 42.8 Å². The second-order valence-electron chi connectivity index (χ2n) is 14.6. The molecule has 0 aromatic heterocycles. The quantitative estimate of drug-likeness (QED) is 0.102. The maximum atomic E-state index is 15.7. The fraction of sp³-hybridized carbons (Fsp3) is 0.372. The first-order valence-electron chi connectivity index (χ1n) is 18.9. The van der Waals surface area contributed by atoms with Crippen molar-refractivity contribution >= 4 is 52.6 Å². The number of piperazine rings is 1. The lowest BCUT2D eigenvalue weighted by atomic mass is 9.73. The Morgan fingerprint density at radius 2 is 1.53 bits per heavy atom. The molecule has 310 valence electrons. The monoisotopic (exact) mass is 866 g/mol. The van der Waals surface area contributed by atoms with Crippen LogP contribution in [0.25, 0.3) is 0 Å². The Balaban J connectivity index is 1.35. The van der Waals surface area contributed by atoms with Crippen LogP contribution in [0.1, 0.15) is 61.4 Å². The fourth-order valence-corrected chi connectivity index (χ4v) is 8.79. The molecule has 0 saturated carbocycles. The largest absolute Gasteiger partial charge is 0.493 e. The molecule has 0 radical (unpaired) electrons. The maximum absolute atomic E-state index is 15.7. The minimum Gasteiger partial charge on any atom is -0.493 e. The normalized spacial score (nSPS) is 20.1. The summed E-state index contributed by atoms with van der Waals surface area (Å²) in [5.74, 6) is 0.489. The number of fused-ring (bicyclic) bond motifs is 9. The van der Waals surface area contributed by atoms with Crippen molar-refractivity contribution in [1.82, 2.24) is 9.80 Å². The summed E-state index contributed by atoms with van der Waals surface area (Å²) in [6, 6.07) is 16.3. The van der Waals surface area contributed by atoms with E-state index in [1.807, 2.05) is 73.7 Å². The Morgan fingerprint density at radius 3 is 2.19 bits per heavy atom. The van der Waals surface area contributed by atoms with Gasteiger partial charge in [0.1, 0.15) is 31.0 Å². The number of rotatable bonds is 12. The van der Waals surface area contributed by atoms with Crippen molar-refractivity contribution < 1.29 is 52.3 Å². The molecule has 13 nitrogen and oxygen atoms in total. The van der Waals surface area contributed by atoms with Crippen molar-refractivity contribution in [1.29, 1.82) is 0 Å². The van der Waals surface area contributed by atoms with Gasteiger partial charge in [0.15, 0.2) is 35.6 Å². The molecule has 4 aliphatic rings. The average Bonchev–Trinajstić information content (AvgIpc) is 3.72. The van der Waals surface area contributed by atoms with E-state index >= 15 is 9.59 Å². The molecule has 1 saturated heterocycles. The standard InChI is InChI=1S/C43H41Cl3N2O11/c1-23-15-27-16-28-41(50)47-29(19-54-17-25-11-7-5-8-12-25)31-32(37(57-21-52-3)24(2)38-40(31)59-22-58-38)35(49)34(47)33(48(28)42(51)56-20-43(44,45)46)30(27)39(36(23)53-4)55-18-26-13-9-6-10-14-26/h5-15,28-29,33-34H,16-22H2,1-4H3/t28-,29-,33+,34-/m0/s1. The molecule has 4 aromatic carbocycles. The van der Waals surface area contributed by atoms with Gasteiger partial charge >= 0.3 is 6.09 Å². The molecule has 0 aliphatic carbocycles. The highest BCUT2D eigenvalue weighted by molar-refractivity contribution is 6.67. The molecule has 4 aliphatic heterocycles. The fourth-order valence-electron chi connectivity index (χ4n) is 8.62. The first-order valence-corrected chi connectivity index (χ1v) is 20.0. The van der Waals surface area contributed by atoms with Crippen molar-refractivity contribution in [3.05, 3.63) is 111 Å². The molecule has 2 amide bonds. The molecule has 0 unspecified atom stereocenters.